The summed E-state index contributed by atoms with van der Waals surface area (Å²) in [7, 11) is 0. The molecule has 3 nitrogen and oxygen atoms in total. The van der Waals surface area contributed by atoms with Crippen LogP contribution in [-0.4, -0.2) is 13.2 Å². The second kappa shape index (κ2) is 7.07. The summed E-state index contributed by atoms with van der Waals surface area (Å²) in [6.07, 6.45) is 8.68. The van der Waals surface area contributed by atoms with Crippen LogP contribution in [0.25, 0.3) is 0 Å². The Kier molecular flexibility index (Phi) is 5.09. The van der Waals surface area contributed by atoms with Gasteiger partial charge in [0.2, 0.25) is 0 Å². The van der Waals surface area contributed by atoms with Crippen LogP contribution in [0.1, 0.15) is 25.7 Å². The summed E-state index contributed by atoms with van der Waals surface area (Å²) in [6, 6.07) is 7.73. The first-order valence-corrected chi connectivity index (χ1v) is 6.63. The number of nitrogens with two attached hydrogens (primary N) is 1. The molecule has 0 bridgehead atoms. The van der Waals surface area contributed by atoms with Gasteiger partial charge in [0.15, 0.2) is 0 Å². The third kappa shape index (κ3) is 4.08. The normalized spacial score (nSPS) is 16.3. The zero-order valence-corrected chi connectivity index (χ0v) is 10.7. The molecule has 0 amide bonds. The van der Waals surface area contributed by atoms with Gasteiger partial charge < -0.3 is 15.2 Å². The molecule has 0 unspecified atom stereocenters. The van der Waals surface area contributed by atoms with Crippen LogP contribution >= 0.6 is 0 Å². The average Bonchev–Trinajstić information content (AvgIpc) is 2.90. The minimum atomic E-state index is 0.484. The van der Waals surface area contributed by atoms with E-state index >= 15 is 0 Å². The fraction of sp³-hybridized carbons (Fsp3) is 0.467. The highest BCUT2D eigenvalue weighted by Crippen LogP contribution is 2.26. The van der Waals surface area contributed by atoms with E-state index in [1.54, 1.807) is 12.3 Å². The number of rotatable bonds is 6. The van der Waals surface area contributed by atoms with Crippen LogP contribution in [0.4, 0.5) is 0 Å². The summed E-state index contributed by atoms with van der Waals surface area (Å²) < 4.78 is 11.2. The summed E-state index contributed by atoms with van der Waals surface area (Å²) in [6.45, 7) is 1.31. The Labute approximate surface area is 109 Å². The molecule has 0 spiro atoms. The van der Waals surface area contributed by atoms with E-state index in [1.807, 2.05) is 24.3 Å². The van der Waals surface area contributed by atoms with E-state index in [0.29, 0.717) is 6.54 Å². The molecule has 98 valence electrons. The summed E-state index contributed by atoms with van der Waals surface area (Å²) >= 11 is 0. The number of ether oxygens (including phenoxy) is 2. The molecular formula is C15H21NO2. The third-order valence-corrected chi connectivity index (χ3v) is 3.20. The maximum atomic E-state index is 5.81. The molecule has 2 N–H and O–H groups in total. The molecule has 1 fully saturated rings. The fourth-order valence-corrected chi connectivity index (χ4v) is 2.21. The molecular weight excluding hydrogens is 226 g/mol. The lowest BCUT2D eigenvalue weighted by atomic mass is 10.1. The van der Waals surface area contributed by atoms with Gasteiger partial charge in [0, 0.05) is 12.6 Å². The van der Waals surface area contributed by atoms with Gasteiger partial charge >= 0.3 is 0 Å². The zero-order chi connectivity index (χ0) is 12.6. The lowest BCUT2D eigenvalue weighted by Gasteiger charge is -2.11. The number of benzene rings is 1. The van der Waals surface area contributed by atoms with Crippen molar-refractivity contribution in [3.8, 4) is 11.5 Å². The van der Waals surface area contributed by atoms with Crippen LogP contribution in [0, 0.1) is 5.92 Å². The predicted molar refractivity (Wildman–Crippen MR) is 72.7 cm³/mol. The average molecular weight is 247 g/mol. The van der Waals surface area contributed by atoms with Gasteiger partial charge in [-0.05, 0) is 37.0 Å². The van der Waals surface area contributed by atoms with E-state index in [1.165, 1.54) is 25.7 Å². The highest BCUT2D eigenvalue weighted by atomic mass is 16.5. The monoisotopic (exact) mass is 247 g/mol. The predicted octanol–water partition coefficient (Wildman–Crippen LogP) is 3.11. The van der Waals surface area contributed by atoms with E-state index in [2.05, 4.69) is 0 Å². The van der Waals surface area contributed by atoms with Crippen LogP contribution in [0.3, 0.4) is 0 Å². The van der Waals surface area contributed by atoms with Crippen LogP contribution in [0.5, 0.6) is 11.5 Å². The molecule has 0 heterocycles. The molecule has 1 aromatic carbocycles. The van der Waals surface area contributed by atoms with Crippen LogP contribution in [0.15, 0.2) is 36.6 Å². The van der Waals surface area contributed by atoms with Gasteiger partial charge in [0.05, 0.1) is 12.9 Å². The molecule has 0 atom stereocenters. The number of hydrogen-bond donors (Lipinski definition) is 1. The van der Waals surface area contributed by atoms with Gasteiger partial charge in [-0.15, -0.1) is 0 Å². The highest BCUT2D eigenvalue weighted by molar-refractivity contribution is 5.33. The highest BCUT2D eigenvalue weighted by Gasteiger charge is 2.15. The molecule has 0 aromatic heterocycles. The molecule has 0 radical (unpaired) electrons. The van der Waals surface area contributed by atoms with E-state index in [-0.39, 0.29) is 0 Å². The van der Waals surface area contributed by atoms with E-state index in [0.717, 1.165) is 24.0 Å². The third-order valence-electron chi connectivity index (χ3n) is 3.20. The van der Waals surface area contributed by atoms with Crippen molar-refractivity contribution in [1.82, 2.24) is 0 Å². The second-order valence-electron chi connectivity index (χ2n) is 4.66. The SMILES string of the molecule is NC/C=C\Oc1cccc(OCC2CCCC2)c1. The van der Waals surface area contributed by atoms with Crippen LogP contribution < -0.4 is 15.2 Å². The van der Waals surface area contributed by atoms with Gasteiger partial charge in [0.1, 0.15) is 11.5 Å². The topological polar surface area (TPSA) is 44.5 Å². The largest absolute Gasteiger partial charge is 0.493 e. The first-order valence-electron chi connectivity index (χ1n) is 6.63. The Morgan fingerprint density at radius 3 is 2.78 bits per heavy atom. The number of hydrogen-bond acceptors (Lipinski definition) is 3. The van der Waals surface area contributed by atoms with Crippen LogP contribution in [0.2, 0.25) is 0 Å². The second-order valence-corrected chi connectivity index (χ2v) is 4.66. The van der Waals surface area contributed by atoms with Gasteiger partial charge in [-0.2, -0.15) is 0 Å². The maximum absolute atomic E-state index is 5.81. The minimum absolute atomic E-state index is 0.484. The Bertz CT molecular complexity index is 384. The molecule has 1 aliphatic rings. The van der Waals surface area contributed by atoms with Crippen LogP contribution in [-0.2, 0) is 0 Å². The van der Waals surface area contributed by atoms with E-state index in [9.17, 15) is 0 Å². The molecule has 1 aromatic rings. The van der Waals surface area contributed by atoms with Gasteiger partial charge in [0.25, 0.3) is 0 Å². The van der Waals surface area contributed by atoms with Gasteiger partial charge in [-0.1, -0.05) is 18.9 Å². The van der Waals surface area contributed by atoms with E-state index < -0.39 is 0 Å². The first-order chi connectivity index (χ1) is 8.88. The van der Waals surface area contributed by atoms with Crippen molar-refractivity contribution in [2.24, 2.45) is 11.7 Å². The van der Waals surface area contributed by atoms with Crippen molar-refractivity contribution in [3.05, 3.63) is 36.6 Å². The zero-order valence-electron chi connectivity index (χ0n) is 10.7. The van der Waals surface area contributed by atoms with Gasteiger partial charge in [-0.3, -0.25) is 0 Å². The van der Waals surface area contributed by atoms with Crippen molar-refractivity contribution in [2.45, 2.75) is 25.7 Å². The minimum Gasteiger partial charge on any atom is -0.493 e. The Hall–Kier alpha value is -1.48. The van der Waals surface area contributed by atoms with Crippen molar-refractivity contribution in [1.29, 1.82) is 0 Å². The molecule has 0 aliphatic heterocycles. The molecule has 18 heavy (non-hydrogen) atoms. The Morgan fingerprint density at radius 2 is 2.00 bits per heavy atom. The van der Waals surface area contributed by atoms with Crippen molar-refractivity contribution in [2.75, 3.05) is 13.2 Å². The summed E-state index contributed by atoms with van der Waals surface area (Å²) in [5.74, 6) is 2.39. The first kappa shape index (κ1) is 13.0. The summed E-state index contributed by atoms with van der Waals surface area (Å²) in [5, 5.41) is 0. The lowest BCUT2D eigenvalue weighted by Crippen LogP contribution is -2.07. The standard InChI is InChI=1S/C15H21NO2/c16-9-4-10-17-14-7-3-8-15(11-14)18-12-13-5-1-2-6-13/h3-4,7-8,10-11,13H,1-2,5-6,9,12,16H2/b10-4-. The van der Waals surface area contributed by atoms with Crippen molar-refractivity contribution in [3.63, 3.8) is 0 Å². The maximum Gasteiger partial charge on any atom is 0.130 e. The van der Waals surface area contributed by atoms with Crippen molar-refractivity contribution < 1.29 is 9.47 Å². The Balaban J connectivity index is 1.84. The lowest BCUT2D eigenvalue weighted by molar-refractivity contribution is 0.251. The molecule has 1 aliphatic carbocycles. The smallest absolute Gasteiger partial charge is 0.130 e. The quantitative estimate of drug-likeness (QED) is 0.786. The molecule has 1 saturated carbocycles. The summed E-state index contributed by atoms with van der Waals surface area (Å²) in [4.78, 5) is 0. The van der Waals surface area contributed by atoms with Gasteiger partial charge in [-0.25, -0.2) is 0 Å². The Morgan fingerprint density at radius 1 is 1.22 bits per heavy atom. The van der Waals surface area contributed by atoms with E-state index in [4.69, 9.17) is 15.2 Å². The van der Waals surface area contributed by atoms with Crippen molar-refractivity contribution >= 4 is 0 Å². The fourth-order valence-electron chi connectivity index (χ4n) is 2.21. The summed E-state index contributed by atoms with van der Waals surface area (Å²) in [5.41, 5.74) is 5.35. The molecule has 0 saturated heterocycles. The molecule has 2 rings (SSSR count). The molecule has 3 heteroatoms.